The summed E-state index contributed by atoms with van der Waals surface area (Å²) >= 11 is 1.90. The lowest BCUT2D eigenvalue weighted by molar-refractivity contribution is -0.0510. The molecular weight excluding hydrogens is 439 g/mol. The van der Waals surface area contributed by atoms with Crippen LogP contribution in [-0.2, 0) is 10.1 Å². The van der Waals surface area contributed by atoms with E-state index in [9.17, 15) is 13.2 Å². The van der Waals surface area contributed by atoms with Crippen LogP contribution in [0.25, 0.3) is 15.7 Å². The topological polar surface area (TPSA) is 66.8 Å². The molecule has 0 amide bonds. The van der Waals surface area contributed by atoms with Crippen molar-refractivity contribution in [2.75, 3.05) is 26.2 Å². The van der Waals surface area contributed by atoms with Crippen molar-refractivity contribution in [2.45, 2.75) is 38.6 Å². The van der Waals surface area contributed by atoms with Crippen molar-refractivity contribution in [2.24, 2.45) is 0 Å². The van der Waals surface area contributed by atoms with Crippen molar-refractivity contribution in [3.8, 4) is 5.75 Å². The van der Waals surface area contributed by atoms with Gasteiger partial charge in [-0.3, -0.25) is 9.45 Å². The molecule has 10 heteroatoms. The van der Waals surface area contributed by atoms with Crippen LogP contribution in [0.4, 0.5) is 13.2 Å². The van der Waals surface area contributed by atoms with Gasteiger partial charge in [0.1, 0.15) is 5.75 Å². The number of fused-ring (bicyclic) bond motifs is 1. The van der Waals surface area contributed by atoms with Crippen LogP contribution in [0.15, 0.2) is 30.3 Å². The predicted octanol–water partition coefficient (Wildman–Crippen LogP) is 5.58. The second-order valence-corrected chi connectivity index (χ2v) is 9.26. The SMILES string of the molecule is CCCCN1CC=C(c2cc3c(OCC)cccc3s2)CC1.O=S(=O)(O)C(F)(F)F. The molecule has 3 rings (SSSR count). The summed E-state index contributed by atoms with van der Waals surface area (Å²) in [4.78, 5) is 3.98. The molecule has 2 heterocycles. The van der Waals surface area contributed by atoms with Gasteiger partial charge in [0.15, 0.2) is 0 Å². The Morgan fingerprint density at radius 3 is 2.50 bits per heavy atom. The highest BCUT2D eigenvalue weighted by Gasteiger charge is 2.44. The third-order valence-corrected chi connectivity index (χ3v) is 6.31. The maximum absolute atomic E-state index is 10.7. The molecule has 0 spiro atoms. The van der Waals surface area contributed by atoms with Gasteiger partial charge in [-0.2, -0.15) is 21.6 Å². The molecule has 0 bridgehead atoms. The largest absolute Gasteiger partial charge is 0.522 e. The quantitative estimate of drug-likeness (QED) is 0.445. The number of hydrogen-bond donors (Lipinski definition) is 1. The van der Waals surface area contributed by atoms with Gasteiger partial charge in [0.25, 0.3) is 0 Å². The third kappa shape index (κ3) is 6.69. The number of thiophene rings is 1. The first-order valence-electron chi connectivity index (χ1n) is 9.67. The zero-order valence-electron chi connectivity index (χ0n) is 16.9. The number of hydrogen-bond acceptors (Lipinski definition) is 5. The Balaban J connectivity index is 0.000000343. The van der Waals surface area contributed by atoms with Crippen molar-refractivity contribution in [1.82, 2.24) is 4.90 Å². The molecule has 0 aliphatic carbocycles. The summed E-state index contributed by atoms with van der Waals surface area (Å²) < 4.78 is 64.6. The lowest BCUT2D eigenvalue weighted by atomic mass is 10.1. The summed E-state index contributed by atoms with van der Waals surface area (Å²) in [5.74, 6) is 1.02. The lowest BCUT2D eigenvalue weighted by Crippen LogP contribution is -2.29. The predicted molar refractivity (Wildman–Crippen MR) is 115 cm³/mol. The number of unbranched alkanes of at least 4 members (excludes halogenated alkanes) is 1. The van der Waals surface area contributed by atoms with Gasteiger partial charge in [0.2, 0.25) is 0 Å². The summed E-state index contributed by atoms with van der Waals surface area (Å²) in [6.45, 7) is 8.56. The highest BCUT2D eigenvalue weighted by Crippen LogP contribution is 2.37. The number of ether oxygens (including phenoxy) is 1. The highest BCUT2D eigenvalue weighted by molar-refractivity contribution is 7.86. The molecule has 2 aromatic rings. The molecule has 0 fully saturated rings. The van der Waals surface area contributed by atoms with Crippen LogP contribution in [0.5, 0.6) is 5.75 Å². The minimum atomic E-state index is -5.84. The zero-order valence-corrected chi connectivity index (χ0v) is 18.5. The summed E-state index contributed by atoms with van der Waals surface area (Å²) in [5.41, 5.74) is -4.02. The van der Waals surface area contributed by atoms with Gasteiger partial charge >= 0.3 is 15.6 Å². The third-order valence-electron chi connectivity index (χ3n) is 4.55. The maximum atomic E-state index is 10.7. The van der Waals surface area contributed by atoms with E-state index in [1.165, 1.54) is 52.9 Å². The normalized spacial score (nSPS) is 15.5. The van der Waals surface area contributed by atoms with E-state index in [1.807, 2.05) is 18.3 Å². The van der Waals surface area contributed by atoms with Crippen molar-refractivity contribution in [3.05, 3.63) is 35.2 Å². The van der Waals surface area contributed by atoms with Gasteiger partial charge in [-0.25, -0.2) is 0 Å². The van der Waals surface area contributed by atoms with Crippen LogP contribution in [0.1, 0.15) is 38.0 Å². The fourth-order valence-electron chi connectivity index (χ4n) is 2.99. The van der Waals surface area contributed by atoms with Gasteiger partial charge in [0, 0.05) is 28.1 Å². The van der Waals surface area contributed by atoms with E-state index in [0.29, 0.717) is 0 Å². The number of nitrogens with zero attached hydrogens (tertiary/aromatic N) is 1. The highest BCUT2D eigenvalue weighted by atomic mass is 32.2. The average molecular weight is 466 g/mol. The molecule has 1 aromatic heterocycles. The maximum Gasteiger partial charge on any atom is 0.522 e. The van der Waals surface area contributed by atoms with Gasteiger partial charge in [0.05, 0.1) is 6.61 Å². The summed E-state index contributed by atoms with van der Waals surface area (Å²) in [5, 5.41) is 1.26. The van der Waals surface area contributed by atoms with E-state index in [1.54, 1.807) is 0 Å². The van der Waals surface area contributed by atoms with Crippen LogP contribution in [0.3, 0.4) is 0 Å². The molecule has 1 aromatic carbocycles. The molecule has 168 valence electrons. The second-order valence-electron chi connectivity index (χ2n) is 6.77. The van der Waals surface area contributed by atoms with Crippen LogP contribution < -0.4 is 4.74 Å². The minimum absolute atomic E-state index is 0.722. The van der Waals surface area contributed by atoms with E-state index in [0.717, 1.165) is 18.9 Å². The van der Waals surface area contributed by atoms with E-state index in [4.69, 9.17) is 17.7 Å². The molecule has 5 nitrogen and oxygen atoms in total. The van der Waals surface area contributed by atoms with Crippen LogP contribution in [0, 0.1) is 0 Å². The Hall–Kier alpha value is -1.62. The fourth-order valence-corrected chi connectivity index (χ4v) is 4.14. The lowest BCUT2D eigenvalue weighted by Gasteiger charge is -2.25. The van der Waals surface area contributed by atoms with E-state index in [2.05, 4.69) is 42.2 Å². The molecule has 1 N–H and O–H groups in total. The number of benzene rings is 1. The average Bonchev–Trinajstić information content (AvgIpc) is 3.11. The van der Waals surface area contributed by atoms with E-state index in [-0.39, 0.29) is 0 Å². The Kier molecular flexibility index (Phi) is 8.72. The second kappa shape index (κ2) is 10.6. The number of alkyl halides is 3. The first-order valence-corrected chi connectivity index (χ1v) is 11.9. The Morgan fingerprint density at radius 1 is 1.27 bits per heavy atom. The van der Waals surface area contributed by atoms with Crippen molar-refractivity contribution in [1.29, 1.82) is 0 Å². The summed E-state index contributed by atoms with van der Waals surface area (Å²) in [7, 11) is -5.84. The Morgan fingerprint density at radius 2 is 1.97 bits per heavy atom. The molecule has 0 saturated carbocycles. The molecule has 0 atom stereocenters. The van der Waals surface area contributed by atoms with Crippen LogP contribution in [-0.4, -0.2) is 49.6 Å². The smallest absolute Gasteiger partial charge is 0.493 e. The zero-order chi connectivity index (χ0) is 22.4. The van der Waals surface area contributed by atoms with Crippen LogP contribution in [0.2, 0.25) is 0 Å². The fraction of sp³-hybridized carbons (Fsp3) is 0.500. The molecular formula is C20H26F3NO4S2. The van der Waals surface area contributed by atoms with Crippen molar-refractivity contribution >= 4 is 37.1 Å². The standard InChI is InChI=1S/C19H25NOS.CHF3O3S/c1-3-5-11-20-12-9-15(10-13-20)19-14-16-17(21-4-2)7-6-8-18(16)22-19;2-1(3,4)8(5,6)7/h6-9,14H,3-5,10-13H2,1-2H3;(H,5,6,7). The van der Waals surface area contributed by atoms with Gasteiger partial charge in [-0.1, -0.05) is 25.5 Å². The monoisotopic (exact) mass is 465 g/mol. The van der Waals surface area contributed by atoms with Crippen molar-refractivity contribution < 1.29 is 30.9 Å². The molecule has 0 unspecified atom stereocenters. The minimum Gasteiger partial charge on any atom is -0.493 e. The summed E-state index contributed by atoms with van der Waals surface area (Å²) in [6, 6.07) is 8.68. The van der Waals surface area contributed by atoms with Gasteiger partial charge < -0.3 is 4.74 Å². The van der Waals surface area contributed by atoms with E-state index >= 15 is 0 Å². The Labute approximate surface area is 178 Å². The molecule has 0 radical (unpaired) electrons. The Bertz CT molecular complexity index is 968. The first kappa shape index (κ1) is 24.6. The number of rotatable bonds is 6. The van der Waals surface area contributed by atoms with Gasteiger partial charge in [-0.15, -0.1) is 11.3 Å². The molecule has 0 saturated heterocycles. The summed E-state index contributed by atoms with van der Waals surface area (Å²) in [6.07, 6.45) is 6.18. The van der Waals surface area contributed by atoms with E-state index < -0.39 is 15.6 Å². The van der Waals surface area contributed by atoms with Crippen molar-refractivity contribution in [3.63, 3.8) is 0 Å². The molecule has 1 aliphatic rings. The van der Waals surface area contributed by atoms with Gasteiger partial charge in [-0.05, 0) is 50.1 Å². The van der Waals surface area contributed by atoms with Crippen LogP contribution >= 0.6 is 11.3 Å². The molecule has 1 aliphatic heterocycles. The number of halogens is 3. The molecule has 30 heavy (non-hydrogen) atoms. The first-order chi connectivity index (χ1) is 14.1.